The van der Waals surface area contributed by atoms with Crippen LogP contribution < -0.4 is 10.1 Å². The molecule has 0 bridgehead atoms. The Morgan fingerprint density at radius 1 is 1.33 bits per heavy atom. The Balaban J connectivity index is 1.74. The van der Waals surface area contributed by atoms with Gasteiger partial charge in [-0.05, 0) is 37.6 Å². The number of hydrogen-bond acceptors (Lipinski definition) is 7. The fourth-order valence-corrected chi connectivity index (χ4v) is 3.96. The number of allylic oxidation sites excluding steroid dienone is 2. The van der Waals surface area contributed by atoms with E-state index in [0.717, 1.165) is 5.56 Å². The van der Waals surface area contributed by atoms with Gasteiger partial charge in [-0.3, -0.25) is 4.79 Å². The van der Waals surface area contributed by atoms with Crippen molar-refractivity contribution in [3.05, 3.63) is 46.6 Å². The van der Waals surface area contributed by atoms with Crippen molar-refractivity contribution in [1.82, 2.24) is 4.90 Å². The number of nitrogens with one attached hydrogen (secondary N) is 1. The molecule has 0 aliphatic carbocycles. The molecule has 0 saturated carbocycles. The number of ether oxygens (including phenoxy) is 2. The van der Waals surface area contributed by atoms with Crippen molar-refractivity contribution in [1.29, 1.82) is 0 Å². The largest absolute Gasteiger partial charge is 0.495 e. The van der Waals surface area contributed by atoms with Crippen LogP contribution in [0.15, 0.2) is 40.5 Å². The predicted molar refractivity (Wildman–Crippen MR) is 112 cm³/mol. The average molecular weight is 454 g/mol. The van der Waals surface area contributed by atoms with E-state index >= 15 is 0 Å². The first-order valence-electron chi connectivity index (χ1n) is 8.95. The van der Waals surface area contributed by atoms with Crippen molar-refractivity contribution >= 4 is 45.0 Å². The van der Waals surface area contributed by atoms with Gasteiger partial charge in [0.1, 0.15) is 11.3 Å². The SMILES string of the molecule is COc1cc(Cl)c(C)cc1NC(=O)C(C)OC(=O)C1=CC=CN2CCS(=O)(=O)N=C12. The molecule has 1 N–H and O–H groups in total. The fraction of sp³-hybridized carbons (Fsp3) is 0.316. The van der Waals surface area contributed by atoms with Gasteiger partial charge in [0.15, 0.2) is 11.9 Å². The molecule has 3 rings (SSSR count). The third-order valence-corrected chi connectivity index (χ3v) is 6.03. The number of sulfonamides is 1. The highest BCUT2D eigenvalue weighted by atomic mass is 35.5. The van der Waals surface area contributed by atoms with E-state index in [1.54, 1.807) is 36.2 Å². The Morgan fingerprint density at radius 2 is 2.07 bits per heavy atom. The predicted octanol–water partition coefficient (Wildman–Crippen LogP) is 2.02. The lowest BCUT2D eigenvalue weighted by Gasteiger charge is -2.28. The zero-order chi connectivity index (χ0) is 22.1. The molecule has 0 saturated heterocycles. The van der Waals surface area contributed by atoms with Gasteiger partial charge >= 0.3 is 5.97 Å². The second-order valence-corrected chi connectivity index (χ2v) is 8.82. The van der Waals surface area contributed by atoms with Gasteiger partial charge in [-0.2, -0.15) is 0 Å². The summed E-state index contributed by atoms with van der Waals surface area (Å²) in [5, 5.41) is 3.12. The molecule has 2 aliphatic heterocycles. The Bertz CT molecular complexity index is 1090. The second-order valence-electron chi connectivity index (χ2n) is 6.65. The highest BCUT2D eigenvalue weighted by Crippen LogP contribution is 2.31. The third-order valence-electron chi connectivity index (χ3n) is 4.47. The molecule has 9 nitrogen and oxygen atoms in total. The number of anilines is 1. The number of halogens is 1. The molecule has 0 spiro atoms. The maximum absolute atomic E-state index is 12.6. The number of amidine groups is 1. The summed E-state index contributed by atoms with van der Waals surface area (Å²) in [7, 11) is -2.22. The summed E-state index contributed by atoms with van der Waals surface area (Å²) < 4.78 is 37.8. The van der Waals surface area contributed by atoms with Gasteiger partial charge in [0.05, 0.1) is 18.6 Å². The summed E-state index contributed by atoms with van der Waals surface area (Å²) >= 11 is 6.06. The third kappa shape index (κ3) is 4.65. The number of nitrogens with zero attached hydrogens (tertiary/aromatic N) is 2. The first-order chi connectivity index (χ1) is 14.1. The molecule has 0 fully saturated rings. The van der Waals surface area contributed by atoms with E-state index in [9.17, 15) is 18.0 Å². The van der Waals surface area contributed by atoms with Crippen LogP contribution in [0.2, 0.25) is 5.02 Å². The van der Waals surface area contributed by atoms with E-state index in [-0.39, 0.29) is 23.7 Å². The molecule has 11 heteroatoms. The normalized spacial score (nSPS) is 17.9. The van der Waals surface area contributed by atoms with E-state index in [1.807, 2.05) is 0 Å². The Labute approximate surface area is 179 Å². The quantitative estimate of drug-likeness (QED) is 0.678. The van der Waals surface area contributed by atoms with Crippen molar-refractivity contribution < 1.29 is 27.5 Å². The molecular formula is C19H20ClN3O6S. The van der Waals surface area contributed by atoms with Gasteiger partial charge in [-0.15, -0.1) is 4.40 Å². The summed E-state index contributed by atoms with van der Waals surface area (Å²) in [5.74, 6) is -1.26. The smallest absolute Gasteiger partial charge is 0.342 e. The fourth-order valence-electron chi connectivity index (χ4n) is 2.82. The van der Waals surface area contributed by atoms with Crippen LogP contribution in [0.25, 0.3) is 0 Å². The minimum atomic E-state index is -3.66. The van der Waals surface area contributed by atoms with Crippen LogP contribution in [0, 0.1) is 6.92 Å². The molecular weight excluding hydrogens is 434 g/mol. The molecule has 1 unspecified atom stereocenters. The molecule has 1 aromatic carbocycles. The molecule has 160 valence electrons. The number of rotatable bonds is 5. The minimum Gasteiger partial charge on any atom is -0.495 e. The number of aryl methyl sites for hydroxylation is 1. The number of carbonyl (C=O) groups excluding carboxylic acids is 2. The Kier molecular flexibility index (Phi) is 6.18. The van der Waals surface area contributed by atoms with Crippen molar-refractivity contribution in [2.24, 2.45) is 4.40 Å². The van der Waals surface area contributed by atoms with E-state index in [0.29, 0.717) is 16.5 Å². The molecule has 30 heavy (non-hydrogen) atoms. The van der Waals surface area contributed by atoms with Gasteiger partial charge in [0.2, 0.25) is 0 Å². The highest BCUT2D eigenvalue weighted by molar-refractivity contribution is 7.90. The molecule has 0 aromatic heterocycles. The lowest BCUT2D eigenvalue weighted by molar-refractivity contribution is -0.148. The molecule has 1 amide bonds. The van der Waals surface area contributed by atoms with Crippen LogP contribution in [0.3, 0.4) is 0 Å². The van der Waals surface area contributed by atoms with Crippen LogP contribution in [0.4, 0.5) is 5.69 Å². The first kappa shape index (κ1) is 21.8. The van der Waals surface area contributed by atoms with Gasteiger partial charge < -0.3 is 19.7 Å². The number of hydrogen-bond donors (Lipinski definition) is 1. The van der Waals surface area contributed by atoms with E-state index in [2.05, 4.69) is 9.71 Å². The number of benzene rings is 1. The highest BCUT2D eigenvalue weighted by Gasteiger charge is 2.32. The zero-order valence-corrected chi connectivity index (χ0v) is 18.1. The Hall–Kier alpha value is -2.85. The lowest BCUT2D eigenvalue weighted by Crippen LogP contribution is -2.41. The van der Waals surface area contributed by atoms with Crippen molar-refractivity contribution in [3.63, 3.8) is 0 Å². The van der Waals surface area contributed by atoms with Gasteiger partial charge in [-0.25, -0.2) is 13.2 Å². The lowest BCUT2D eigenvalue weighted by atomic mass is 10.1. The van der Waals surface area contributed by atoms with Crippen LogP contribution >= 0.6 is 11.6 Å². The minimum absolute atomic E-state index is 0.0173. The van der Waals surface area contributed by atoms with Crippen molar-refractivity contribution in [2.45, 2.75) is 20.0 Å². The number of amides is 1. The Morgan fingerprint density at radius 3 is 2.77 bits per heavy atom. The van der Waals surface area contributed by atoms with Gasteiger partial charge in [0.25, 0.3) is 15.9 Å². The molecule has 1 aromatic rings. The van der Waals surface area contributed by atoms with Crippen LogP contribution in [-0.2, 0) is 24.3 Å². The second kappa shape index (κ2) is 8.49. The number of esters is 1. The van der Waals surface area contributed by atoms with E-state index in [4.69, 9.17) is 21.1 Å². The van der Waals surface area contributed by atoms with Gasteiger partial charge in [-0.1, -0.05) is 11.6 Å². The zero-order valence-electron chi connectivity index (χ0n) is 16.5. The number of fused-ring (bicyclic) bond motifs is 1. The van der Waals surface area contributed by atoms with Crippen LogP contribution in [0.1, 0.15) is 12.5 Å². The number of carbonyl (C=O) groups is 2. The maximum atomic E-state index is 12.6. The van der Waals surface area contributed by atoms with Crippen molar-refractivity contribution in [2.75, 3.05) is 24.7 Å². The standard InChI is InChI=1S/C19H20ClN3O6S/c1-11-9-15(16(28-3)10-14(11)20)21-18(24)12(2)29-19(25)13-5-4-6-23-7-8-30(26,27)22-17(13)23/h4-6,9-10,12H,7-8H2,1-3H3,(H,21,24). The summed E-state index contributed by atoms with van der Waals surface area (Å²) in [6.45, 7) is 3.35. The van der Waals surface area contributed by atoms with Crippen LogP contribution in [-0.4, -0.2) is 56.5 Å². The molecule has 2 aliphatic rings. The summed E-state index contributed by atoms with van der Waals surface area (Å²) in [5.41, 5.74) is 1.06. The maximum Gasteiger partial charge on any atom is 0.342 e. The first-order valence-corrected chi connectivity index (χ1v) is 10.9. The van der Waals surface area contributed by atoms with Crippen LogP contribution in [0.5, 0.6) is 5.75 Å². The molecule has 0 radical (unpaired) electrons. The monoisotopic (exact) mass is 453 g/mol. The summed E-state index contributed by atoms with van der Waals surface area (Å²) in [6, 6.07) is 3.21. The summed E-state index contributed by atoms with van der Waals surface area (Å²) in [6.07, 6.45) is 3.43. The summed E-state index contributed by atoms with van der Waals surface area (Å²) in [4.78, 5) is 26.7. The molecule has 1 atom stereocenters. The van der Waals surface area contributed by atoms with E-state index < -0.39 is 28.0 Å². The topological polar surface area (TPSA) is 114 Å². The van der Waals surface area contributed by atoms with Gasteiger partial charge in [0, 0.05) is 23.8 Å². The van der Waals surface area contributed by atoms with E-state index in [1.165, 1.54) is 20.1 Å². The average Bonchev–Trinajstić information content (AvgIpc) is 2.69. The van der Waals surface area contributed by atoms with Crippen molar-refractivity contribution in [3.8, 4) is 5.75 Å². The molecule has 2 heterocycles. The number of methoxy groups -OCH3 is 1.